The van der Waals surface area contributed by atoms with Crippen molar-refractivity contribution in [1.82, 2.24) is 0 Å². The van der Waals surface area contributed by atoms with Crippen LogP contribution in [0.5, 0.6) is 0 Å². The number of rotatable bonds is 7. The molecular formula is C23H27NO7S2. The number of hydrogen-bond donors (Lipinski definition) is 1. The fraction of sp³-hybridized carbons (Fsp3) is 0.435. The van der Waals surface area contributed by atoms with Crippen molar-refractivity contribution in [3.63, 3.8) is 0 Å². The molecule has 0 radical (unpaired) electrons. The van der Waals surface area contributed by atoms with Gasteiger partial charge >= 0.3 is 11.9 Å². The van der Waals surface area contributed by atoms with Gasteiger partial charge < -0.3 is 14.8 Å². The Morgan fingerprint density at radius 2 is 1.97 bits per heavy atom. The number of nitrogens with one attached hydrogen (secondary N) is 1. The topological polar surface area (TPSA) is 116 Å². The predicted octanol–water partition coefficient (Wildman–Crippen LogP) is 3.64. The van der Waals surface area contributed by atoms with Crippen LogP contribution in [0.1, 0.15) is 58.3 Å². The molecule has 178 valence electrons. The summed E-state index contributed by atoms with van der Waals surface area (Å²) < 4.78 is 33.9. The Hall–Kier alpha value is -2.72. The van der Waals surface area contributed by atoms with Gasteiger partial charge in [-0.1, -0.05) is 13.0 Å². The van der Waals surface area contributed by atoms with Gasteiger partial charge in [0.2, 0.25) is 0 Å². The zero-order valence-electron chi connectivity index (χ0n) is 19.0. The minimum absolute atomic E-state index is 0.0189. The number of esters is 2. The summed E-state index contributed by atoms with van der Waals surface area (Å²) in [6.07, 6.45) is 2.37. The molecule has 1 aromatic carbocycles. The molecule has 1 aromatic heterocycles. The molecule has 1 N–H and O–H groups in total. The number of sulfone groups is 1. The van der Waals surface area contributed by atoms with Crippen LogP contribution >= 0.6 is 11.3 Å². The third-order valence-electron chi connectivity index (χ3n) is 5.38. The Bertz CT molecular complexity index is 1180. The molecule has 0 saturated carbocycles. The summed E-state index contributed by atoms with van der Waals surface area (Å²) in [7, 11) is -3.50. The van der Waals surface area contributed by atoms with E-state index in [2.05, 4.69) is 12.2 Å². The minimum Gasteiger partial charge on any atom is -0.462 e. The van der Waals surface area contributed by atoms with Crippen molar-refractivity contribution in [1.29, 1.82) is 0 Å². The van der Waals surface area contributed by atoms with Gasteiger partial charge in [0, 0.05) is 11.1 Å². The average Bonchev–Trinajstić information content (AvgIpc) is 3.10. The average molecular weight is 494 g/mol. The molecule has 0 spiro atoms. The van der Waals surface area contributed by atoms with Crippen molar-refractivity contribution in [2.24, 2.45) is 5.92 Å². The van der Waals surface area contributed by atoms with Gasteiger partial charge in [-0.05, 0) is 62.8 Å². The standard InChI is InChI=1S/C23H27NO7S2/c1-5-30-23(27)19-17-10-9-13(2)11-18(17)32-21(19)24-20(25)14(3)31-22(26)15-7-6-8-16(12-15)33(4,28)29/h6-8,12-14H,5,9-11H2,1-4H3,(H,24,25)/t13-,14+/m0/s1. The van der Waals surface area contributed by atoms with Crippen molar-refractivity contribution in [2.45, 2.75) is 51.0 Å². The van der Waals surface area contributed by atoms with Crippen molar-refractivity contribution >= 4 is 44.0 Å². The lowest BCUT2D eigenvalue weighted by Gasteiger charge is -2.18. The molecule has 0 bridgehead atoms. The summed E-state index contributed by atoms with van der Waals surface area (Å²) in [6.45, 7) is 5.49. The lowest BCUT2D eigenvalue weighted by Crippen LogP contribution is -2.30. The Morgan fingerprint density at radius 1 is 1.24 bits per heavy atom. The van der Waals surface area contributed by atoms with E-state index in [0.717, 1.165) is 36.0 Å². The second kappa shape index (κ2) is 10.0. The Kier molecular flexibility index (Phi) is 7.58. The monoisotopic (exact) mass is 493 g/mol. The molecule has 0 fully saturated rings. The van der Waals surface area contributed by atoms with E-state index in [1.807, 2.05) is 0 Å². The van der Waals surface area contributed by atoms with Crippen LogP contribution in [-0.2, 0) is 36.9 Å². The molecule has 1 heterocycles. The van der Waals surface area contributed by atoms with E-state index in [-0.39, 0.29) is 17.1 Å². The molecule has 1 aliphatic rings. The predicted molar refractivity (Wildman–Crippen MR) is 125 cm³/mol. The van der Waals surface area contributed by atoms with E-state index >= 15 is 0 Å². The number of benzene rings is 1. The number of fused-ring (bicyclic) bond motifs is 1. The zero-order chi connectivity index (χ0) is 24.3. The van der Waals surface area contributed by atoms with Crippen LogP contribution in [0, 0.1) is 5.92 Å². The lowest BCUT2D eigenvalue weighted by molar-refractivity contribution is -0.123. The van der Waals surface area contributed by atoms with Gasteiger partial charge in [-0.2, -0.15) is 0 Å². The first-order valence-electron chi connectivity index (χ1n) is 10.6. The van der Waals surface area contributed by atoms with E-state index in [1.54, 1.807) is 6.92 Å². The number of anilines is 1. The molecule has 8 nitrogen and oxygen atoms in total. The van der Waals surface area contributed by atoms with E-state index in [0.29, 0.717) is 16.5 Å². The summed E-state index contributed by atoms with van der Waals surface area (Å²) in [6, 6.07) is 5.42. The maximum Gasteiger partial charge on any atom is 0.341 e. The number of ether oxygens (including phenoxy) is 2. The van der Waals surface area contributed by atoms with Gasteiger partial charge in [0.25, 0.3) is 5.91 Å². The Labute approximate surface area is 197 Å². The Morgan fingerprint density at radius 3 is 2.64 bits per heavy atom. The summed E-state index contributed by atoms with van der Waals surface area (Å²) >= 11 is 1.35. The van der Waals surface area contributed by atoms with Gasteiger partial charge in [-0.25, -0.2) is 18.0 Å². The van der Waals surface area contributed by atoms with Gasteiger partial charge in [-0.15, -0.1) is 11.3 Å². The van der Waals surface area contributed by atoms with Crippen molar-refractivity contribution < 1.29 is 32.3 Å². The number of carbonyl (C=O) groups is 3. The maximum absolute atomic E-state index is 12.8. The van der Waals surface area contributed by atoms with Crippen LogP contribution < -0.4 is 5.32 Å². The highest BCUT2D eigenvalue weighted by Crippen LogP contribution is 2.40. The number of thiophene rings is 1. The molecule has 0 unspecified atom stereocenters. The molecular weight excluding hydrogens is 466 g/mol. The molecule has 33 heavy (non-hydrogen) atoms. The first-order valence-corrected chi connectivity index (χ1v) is 13.4. The molecule has 3 rings (SSSR count). The zero-order valence-corrected chi connectivity index (χ0v) is 20.6. The summed E-state index contributed by atoms with van der Waals surface area (Å²) in [4.78, 5) is 38.9. The van der Waals surface area contributed by atoms with Crippen LogP contribution in [0.25, 0.3) is 0 Å². The highest BCUT2D eigenvalue weighted by molar-refractivity contribution is 7.90. The smallest absolute Gasteiger partial charge is 0.341 e. The first-order chi connectivity index (χ1) is 15.5. The summed E-state index contributed by atoms with van der Waals surface area (Å²) in [5.74, 6) is -1.42. The third-order valence-corrected chi connectivity index (χ3v) is 7.66. The fourth-order valence-corrected chi connectivity index (χ4v) is 5.68. The van der Waals surface area contributed by atoms with E-state index in [4.69, 9.17) is 9.47 Å². The fourth-order valence-electron chi connectivity index (χ4n) is 3.61. The molecule has 0 aliphatic heterocycles. The normalized spacial score (nSPS) is 16.4. The van der Waals surface area contributed by atoms with Crippen molar-refractivity contribution in [2.75, 3.05) is 18.2 Å². The van der Waals surface area contributed by atoms with Crippen molar-refractivity contribution in [3.8, 4) is 0 Å². The van der Waals surface area contributed by atoms with Gasteiger partial charge in [0.1, 0.15) is 5.00 Å². The summed E-state index contributed by atoms with van der Waals surface area (Å²) in [5, 5.41) is 3.11. The number of carbonyl (C=O) groups excluding carboxylic acids is 3. The van der Waals surface area contributed by atoms with E-state index in [9.17, 15) is 22.8 Å². The van der Waals surface area contributed by atoms with E-state index in [1.165, 1.54) is 42.5 Å². The maximum atomic E-state index is 12.8. The third kappa shape index (κ3) is 5.80. The van der Waals surface area contributed by atoms with Crippen LogP contribution in [0.4, 0.5) is 5.00 Å². The first kappa shape index (κ1) is 24.9. The van der Waals surface area contributed by atoms with Gasteiger partial charge in [-0.3, -0.25) is 4.79 Å². The van der Waals surface area contributed by atoms with Crippen molar-refractivity contribution in [3.05, 3.63) is 45.8 Å². The molecule has 2 atom stereocenters. The quantitative estimate of drug-likeness (QED) is 0.586. The van der Waals surface area contributed by atoms with Crippen LogP contribution in [0.3, 0.4) is 0 Å². The van der Waals surface area contributed by atoms with Crippen LogP contribution in [0.2, 0.25) is 0 Å². The Balaban J connectivity index is 1.77. The molecule has 0 saturated heterocycles. The van der Waals surface area contributed by atoms with Crippen LogP contribution in [0.15, 0.2) is 29.2 Å². The number of hydrogen-bond acceptors (Lipinski definition) is 8. The molecule has 1 amide bonds. The minimum atomic E-state index is -3.50. The molecule has 2 aromatic rings. The van der Waals surface area contributed by atoms with Gasteiger partial charge in [0.05, 0.1) is 22.6 Å². The lowest BCUT2D eigenvalue weighted by atomic mass is 9.88. The molecule has 10 heteroatoms. The highest BCUT2D eigenvalue weighted by Gasteiger charge is 2.30. The largest absolute Gasteiger partial charge is 0.462 e. The highest BCUT2D eigenvalue weighted by atomic mass is 32.2. The van der Waals surface area contributed by atoms with Crippen LogP contribution in [-0.4, -0.2) is 45.2 Å². The SMILES string of the molecule is CCOC(=O)c1c(NC(=O)[C@@H](C)OC(=O)c2cccc(S(C)(=O)=O)c2)sc2c1CC[C@H](C)C2. The number of amides is 1. The molecule has 1 aliphatic carbocycles. The second-order valence-electron chi connectivity index (χ2n) is 8.11. The van der Waals surface area contributed by atoms with E-state index < -0.39 is 33.8 Å². The second-order valence-corrected chi connectivity index (χ2v) is 11.2. The van der Waals surface area contributed by atoms with Gasteiger partial charge in [0.15, 0.2) is 15.9 Å². The summed E-state index contributed by atoms with van der Waals surface area (Å²) in [5.41, 5.74) is 1.30.